The Bertz CT molecular complexity index is 844. The van der Waals surface area contributed by atoms with Gasteiger partial charge in [-0.3, -0.25) is 9.59 Å². The van der Waals surface area contributed by atoms with Crippen LogP contribution in [0, 0.1) is 12.8 Å². The summed E-state index contributed by atoms with van der Waals surface area (Å²) in [7, 11) is 0. The Morgan fingerprint density at radius 3 is 2.50 bits per heavy atom. The van der Waals surface area contributed by atoms with Crippen LogP contribution in [0.5, 0.6) is 5.75 Å². The first-order valence-corrected chi connectivity index (χ1v) is 10.7. The van der Waals surface area contributed by atoms with E-state index >= 15 is 0 Å². The number of carbonyl (C=O) groups is 2. The van der Waals surface area contributed by atoms with E-state index in [0.29, 0.717) is 31.4 Å². The van der Waals surface area contributed by atoms with Crippen LogP contribution in [0.3, 0.4) is 0 Å². The standard InChI is InChI=1S/C19H25NO4.C5H11N/c1-11-5-6-14(17(20)23)16(22)15(11)18-8-3-4-12(2)19(18,24)9-7-13(21)10-18;1-5(2)3-4-6/h5-6,12,22,24H,3-4,7-10H2,1-2H3,(H2,20,23);3H,4,6H2,1-2H3/t12-,18+,19+;/m0./s1. The minimum Gasteiger partial charge on any atom is -0.507 e. The molecule has 2 saturated carbocycles. The number of nitrogens with two attached hydrogens (primary N) is 2. The molecule has 166 valence electrons. The Morgan fingerprint density at radius 1 is 1.30 bits per heavy atom. The summed E-state index contributed by atoms with van der Waals surface area (Å²) >= 11 is 0. The molecule has 1 amide bonds. The first-order chi connectivity index (χ1) is 14.0. The third-order valence-corrected chi connectivity index (χ3v) is 6.82. The van der Waals surface area contributed by atoms with Gasteiger partial charge in [-0.2, -0.15) is 0 Å². The van der Waals surface area contributed by atoms with Gasteiger partial charge in [0.25, 0.3) is 5.91 Å². The average molecular weight is 417 g/mol. The number of fused-ring (bicyclic) bond motifs is 1. The Hall–Kier alpha value is -2.18. The fourth-order valence-corrected chi connectivity index (χ4v) is 5.28. The Kier molecular flexibility index (Phi) is 7.48. The number of amides is 1. The number of aromatic hydroxyl groups is 1. The lowest BCUT2D eigenvalue weighted by Crippen LogP contribution is -2.61. The second kappa shape index (κ2) is 9.31. The highest BCUT2D eigenvalue weighted by Gasteiger charge is 2.60. The molecule has 0 aliphatic heterocycles. The summed E-state index contributed by atoms with van der Waals surface area (Å²) in [6.07, 6.45) is 5.32. The van der Waals surface area contributed by atoms with Gasteiger partial charge in [0.15, 0.2) is 0 Å². The number of hydrogen-bond acceptors (Lipinski definition) is 5. The molecule has 2 aliphatic rings. The van der Waals surface area contributed by atoms with Crippen molar-refractivity contribution in [3.63, 3.8) is 0 Å². The van der Waals surface area contributed by atoms with E-state index in [0.717, 1.165) is 18.4 Å². The fraction of sp³-hybridized carbons (Fsp3) is 0.583. The van der Waals surface area contributed by atoms with Crippen LogP contribution in [0.1, 0.15) is 80.8 Å². The van der Waals surface area contributed by atoms with Crippen molar-refractivity contribution in [1.29, 1.82) is 0 Å². The van der Waals surface area contributed by atoms with Crippen LogP contribution in [-0.2, 0) is 10.2 Å². The largest absolute Gasteiger partial charge is 0.507 e. The number of ketones is 1. The number of aryl methyl sites for hydroxylation is 1. The summed E-state index contributed by atoms with van der Waals surface area (Å²) in [5.41, 5.74) is 11.3. The maximum Gasteiger partial charge on any atom is 0.252 e. The molecular formula is C24H36N2O4. The van der Waals surface area contributed by atoms with Crippen molar-refractivity contribution in [2.45, 2.75) is 77.2 Å². The minimum absolute atomic E-state index is 0.0235. The van der Waals surface area contributed by atoms with Gasteiger partial charge in [-0.1, -0.05) is 31.1 Å². The number of carbonyl (C=O) groups excluding carboxylic acids is 2. The molecule has 6 nitrogen and oxygen atoms in total. The lowest BCUT2D eigenvalue weighted by atomic mass is 9.50. The molecule has 0 radical (unpaired) electrons. The van der Waals surface area contributed by atoms with Crippen molar-refractivity contribution in [1.82, 2.24) is 0 Å². The number of rotatable bonds is 3. The number of aliphatic hydroxyl groups is 1. The molecular weight excluding hydrogens is 380 g/mol. The van der Waals surface area contributed by atoms with Gasteiger partial charge in [0.1, 0.15) is 11.5 Å². The molecule has 1 aromatic carbocycles. The van der Waals surface area contributed by atoms with Gasteiger partial charge in [0.05, 0.1) is 11.2 Å². The molecule has 3 atom stereocenters. The molecule has 0 saturated heterocycles. The fourth-order valence-electron chi connectivity index (χ4n) is 5.28. The maximum atomic E-state index is 12.3. The van der Waals surface area contributed by atoms with Gasteiger partial charge in [-0.05, 0) is 57.6 Å². The van der Waals surface area contributed by atoms with E-state index in [2.05, 4.69) is 0 Å². The summed E-state index contributed by atoms with van der Waals surface area (Å²) in [5, 5.41) is 22.4. The van der Waals surface area contributed by atoms with Crippen LogP contribution in [-0.4, -0.2) is 34.0 Å². The quantitative estimate of drug-likeness (QED) is 0.563. The lowest BCUT2D eigenvalue weighted by Gasteiger charge is -2.57. The van der Waals surface area contributed by atoms with Crippen LogP contribution in [0.4, 0.5) is 0 Å². The zero-order valence-electron chi connectivity index (χ0n) is 18.6. The van der Waals surface area contributed by atoms with E-state index in [4.69, 9.17) is 11.5 Å². The number of hydrogen-bond donors (Lipinski definition) is 4. The van der Waals surface area contributed by atoms with Gasteiger partial charge in [0, 0.05) is 30.4 Å². The summed E-state index contributed by atoms with van der Waals surface area (Å²) in [4.78, 5) is 24.0. The highest BCUT2D eigenvalue weighted by atomic mass is 16.3. The van der Waals surface area contributed by atoms with E-state index < -0.39 is 16.9 Å². The normalized spacial score (nSPS) is 28.1. The van der Waals surface area contributed by atoms with Crippen LogP contribution in [0.25, 0.3) is 0 Å². The molecule has 0 spiro atoms. The summed E-state index contributed by atoms with van der Waals surface area (Å²) in [5.74, 6) is -0.767. The molecule has 2 aliphatic carbocycles. The van der Waals surface area contributed by atoms with Gasteiger partial charge >= 0.3 is 0 Å². The molecule has 6 N–H and O–H groups in total. The third kappa shape index (κ3) is 4.30. The molecule has 3 rings (SSSR count). The predicted molar refractivity (Wildman–Crippen MR) is 118 cm³/mol. The summed E-state index contributed by atoms with van der Waals surface area (Å²) < 4.78 is 0. The molecule has 0 bridgehead atoms. The molecule has 0 unspecified atom stereocenters. The van der Waals surface area contributed by atoms with E-state index in [1.165, 1.54) is 11.6 Å². The number of allylic oxidation sites excluding steroid dienone is 1. The van der Waals surface area contributed by atoms with Crippen molar-refractivity contribution in [3.05, 3.63) is 40.5 Å². The van der Waals surface area contributed by atoms with E-state index in [9.17, 15) is 19.8 Å². The number of phenols is 1. The number of Topliss-reactive ketones (excluding diaryl/α,β-unsaturated/α-hetero) is 1. The molecule has 2 fully saturated rings. The molecule has 0 aromatic heterocycles. The predicted octanol–water partition coefficient (Wildman–Crippen LogP) is 3.25. The van der Waals surface area contributed by atoms with Crippen molar-refractivity contribution in [3.8, 4) is 5.75 Å². The van der Waals surface area contributed by atoms with Gasteiger partial charge in [0.2, 0.25) is 0 Å². The monoisotopic (exact) mass is 416 g/mol. The van der Waals surface area contributed by atoms with Gasteiger partial charge in [-0.25, -0.2) is 0 Å². The van der Waals surface area contributed by atoms with E-state index in [1.807, 2.05) is 33.8 Å². The van der Waals surface area contributed by atoms with Crippen molar-refractivity contribution in [2.24, 2.45) is 17.4 Å². The molecule has 1 aromatic rings. The van der Waals surface area contributed by atoms with E-state index in [1.54, 1.807) is 6.07 Å². The minimum atomic E-state index is -1.06. The van der Waals surface area contributed by atoms with Crippen LogP contribution < -0.4 is 11.5 Å². The average Bonchev–Trinajstić information content (AvgIpc) is 2.64. The number of benzene rings is 1. The first-order valence-electron chi connectivity index (χ1n) is 10.7. The summed E-state index contributed by atoms with van der Waals surface area (Å²) in [6.45, 7) is 8.59. The van der Waals surface area contributed by atoms with Crippen molar-refractivity contribution < 1.29 is 19.8 Å². The summed E-state index contributed by atoms with van der Waals surface area (Å²) in [6, 6.07) is 3.24. The van der Waals surface area contributed by atoms with Crippen molar-refractivity contribution in [2.75, 3.05) is 6.54 Å². The number of primary amides is 1. The Morgan fingerprint density at radius 2 is 1.97 bits per heavy atom. The van der Waals surface area contributed by atoms with Crippen LogP contribution >= 0.6 is 0 Å². The smallest absolute Gasteiger partial charge is 0.252 e. The van der Waals surface area contributed by atoms with Gasteiger partial charge in [-0.15, -0.1) is 0 Å². The Balaban J connectivity index is 0.000000469. The zero-order valence-corrected chi connectivity index (χ0v) is 18.6. The van der Waals surface area contributed by atoms with Crippen LogP contribution in [0.15, 0.2) is 23.8 Å². The lowest BCUT2D eigenvalue weighted by molar-refractivity contribution is -0.153. The third-order valence-electron chi connectivity index (χ3n) is 6.82. The van der Waals surface area contributed by atoms with Crippen LogP contribution in [0.2, 0.25) is 0 Å². The molecule has 6 heteroatoms. The molecule has 0 heterocycles. The highest BCUT2D eigenvalue weighted by molar-refractivity contribution is 5.96. The Labute approximate surface area is 179 Å². The second-order valence-corrected chi connectivity index (χ2v) is 9.05. The second-order valence-electron chi connectivity index (χ2n) is 9.05. The topological polar surface area (TPSA) is 127 Å². The van der Waals surface area contributed by atoms with Gasteiger partial charge < -0.3 is 21.7 Å². The van der Waals surface area contributed by atoms with Crippen molar-refractivity contribution >= 4 is 11.7 Å². The highest BCUT2D eigenvalue weighted by Crippen LogP contribution is 2.58. The first kappa shape index (κ1) is 24.1. The zero-order chi connectivity index (χ0) is 22.7. The molecule has 30 heavy (non-hydrogen) atoms. The maximum absolute atomic E-state index is 12.3. The van der Waals surface area contributed by atoms with E-state index in [-0.39, 0.29) is 29.4 Å². The SMILES string of the molecule is CC(C)=CCN.Cc1ccc(C(N)=O)c(O)c1[C@]12CCC[C@H](C)[C@]1(O)CCC(=O)C2.